The summed E-state index contributed by atoms with van der Waals surface area (Å²) < 4.78 is 0. The van der Waals surface area contributed by atoms with Gasteiger partial charge in [0.15, 0.2) is 16.1 Å². The molecule has 0 saturated heterocycles. The van der Waals surface area contributed by atoms with Crippen LogP contribution in [0.15, 0.2) is 108 Å². The van der Waals surface area contributed by atoms with Gasteiger partial charge in [-0.25, -0.2) is 9.59 Å². The molecule has 2 unspecified atom stereocenters. The van der Waals surface area contributed by atoms with E-state index in [1.165, 1.54) is 0 Å². The average molecular weight is 459 g/mol. The fraction of sp³-hybridized carbons (Fsp3) is 0.0769. The van der Waals surface area contributed by atoms with Crippen LogP contribution in [-0.4, -0.2) is 38.3 Å². The SMILES string of the molecule is C=C(C(=O)O)[Si](C)(c1ccccc1)c1ccc([Si](C)(C(=C)C(=O)O)c2ccccc2)cc1. The van der Waals surface area contributed by atoms with Crippen LogP contribution in [0.5, 0.6) is 0 Å². The van der Waals surface area contributed by atoms with Crippen molar-refractivity contribution in [3.05, 3.63) is 108 Å². The van der Waals surface area contributed by atoms with Gasteiger partial charge < -0.3 is 10.2 Å². The summed E-state index contributed by atoms with van der Waals surface area (Å²) in [6.45, 7) is 11.8. The summed E-state index contributed by atoms with van der Waals surface area (Å²) in [6.07, 6.45) is 0. The summed E-state index contributed by atoms with van der Waals surface area (Å²) in [4.78, 5) is 23.9. The highest BCUT2D eigenvalue weighted by atomic mass is 28.3. The third-order valence-corrected chi connectivity index (χ3v) is 15.3. The third kappa shape index (κ3) is 3.90. The van der Waals surface area contributed by atoms with E-state index in [1.54, 1.807) is 0 Å². The van der Waals surface area contributed by atoms with Crippen molar-refractivity contribution in [2.75, 3.05) is 0 Å². The fourth-order valence-corrected chi connectivity index (χ4v) is 10.4. The molecule has 2 N–H and O–H groups in total. The second-order valence-corrected chi connectivity index (χ2v) is 16.1. The van der Waals surface area contributed by atoms with Crippen LogP contribution < -0.4 is 20.7 Å². The molecule has 0 amide bonds. The molecule has 0 radical (unpaired) electrons. The molecule has 0 aliphatic rings. The summed E-state index contributed by atoms with van der Waals surface area (Å²) in [5.74, 6) is -2.01. The Morgan fingerprint density at radius 3 is 1.06 bits per heavy atom. The maximum Gasteiger partial charge on any atom is 0.327 e. The van der Waals surface area contributed by atoms with Gasteiger partial charge >= 0.3 is 11.9 Å². The average Bonchev–Trinajstić information content (AvgIpc) is 2.83. The Bertz CT molecular complexity index is 1080. The van der Waals surface area contributed by atoms with Crippen molar-refractivity contribution in [2.24, 2.45) is 0 Å². The van der Waals surface area contributed by atoms with Crippen LogP contribution in [0.1, 0.15) is 0 Å². The molecule has 0 fully saturated rings. The molecule has 0 aliphatic heterocycles. The molecule has 3 aromatic rings. The van der Waals surface area contributed by atoms with E-state index in [9.17, 15) is 19.8 Å². The highest BCUT2D eigenvalue weighted by Gasteiger charge is 2.41. The van der Waals surface area contributed by atoms with Crippen molar-refractivity contribution in [1.29, 1.82) is 0 Å². The molecule has 0 bridgehead atoms. The van der Waals surface area contributed by atoms with Gasteiger partial charge in [-0.2, -0.15) is 0 Å². The van der Waals surface area contributed by atoms with Gasteiger partial charge in [-0.15, -0.1) is 0 Å². The second-order valence-electron chi connectivity index (χ2n) is 8.13. The van der Waals surface area contributed by atoms with Crippen LogP contribution in [0.4, 0.5) is 0 Å². The number of hydrogen-bond acceptors (Lipinski definition) is 2. The lowest BCUT2D eigenvalue weighted by molar-refractivity contribution is -0.132. The first-order valence-corrected chi connectivity index (χ1v) is 15.2. The van der Waals surface area contributed by atoms with Crippen LogP contribution in [0, 0.1) is 0 Å². The van der Waals surface area contributed by atoms with Gasteiger partial charge in [0, 0.05) is 10.4 Å². The standard InChI is InChI=1S/C26H26O4Si2/c1-19(25(27)28)31(3,21-11-7-5-8-12-21)23-15-17-24(18-16-23)32(4,20(2)26(29)30)22-13-9-6-10-14-22/h5-18H,1-2H2,3-4H3,(H,27,28)(H,29,30). The van der Waals surface area contributed by atoms with Crippen molar-refractivity contribution in [1.82, 2.24) is 0 Å². The van der Waals surface area contributed by atoms with Gasteiger partial charge in [-0.05, 0) is 20.7 Å². The zero-order chi connectivity index (χ0) is 23.5. The van der Waals surface area contributed by atoms with E-state index in [1.807, 2.05) is 98.0 Å². The minimum atomic E-state index is -2.80. The minimum absolute atomic E-state index is 0.203. The second kappa shape index (κ2) is 8.94. The number of carboxylic acids is 2. The Morgan fingerprint density at radius 1 is 0.562 bits per heavy atom. The quantitative estimate of drug-likeness (QED) is 0.402. The summed E-state index contributed by atoms with van der Waals surface area (Å²) in [6, 6.07) is 27.0. The smallest absolute Gasteiger partial charge is 0.327 e. The number of aliphatic carboxylic acids is 2. The predicted molar refractivity (Wildman–Crippen MR) is 135 cm³/mol. The van der Waals surface area contributed by atoms with E-state index < -0.39 is 28.1 Å². The van der Waals surface area contributed by atoms with Crippen LogP contribution in [0.2, 0.25) is 13.1 Å². The molecule has 0 aliphatic carbocycles. The molecule has 6 heteroatoms. The molecule has 3 aromatic carbocycles. The Kier molecular flexibility index (Phi) is 6.48. The van der Waals surface area contributed by atoms with Gasteiger partial charge in [0.05, 0.1) is 0 Å². The molecule has 4 nitrogen and oxygen atoms in total. The number of benzene rings is 3. The first-order valence-electron chi connectivity index (χ1n) is 10.2. The number of hydrogen-bond donors (Lipinski definition) is 2. The van der Waals surface area contributed by atoms with Gasteiger partial charge in [0.25, 0.3) is 0 Å². The molecule has 3 rings (SSSR count). The summed E-state index contributed by atoms with van der Waals surface area (Å²) in [7, 11) is -5.59. The van der Waals surface area contributed by atoms with Gasteiger partial charge in [0.1, 0.15) is 0 Å². The fourth-order valence-electron chi connectivity index (χ4n) is 4.14. The first kappa shape index (κ1) is 23.2. The molecular weight excluding hydrogens is 432 g/mol. The van der Waals surface area contributed by atoms with Crippen LogP contribution in [0.3, 0.4) is 0 Å². The van der Waals surface area contributed by atoms with Crippen molar-refractivity contribution in [3.63, 3.8) is 0 Å². The molecule has 162 valence electrons. The number of carbonyl (C=O) groups is 2. The van der Waals surface area contributed by atoms with Crippen LogP contribution in [0.25, 0.3) is 0 Å². The molecule has 2 atom stereocenters. The highest BCUT2D eigenvalue weighted by Crippen LogP contribution is 2.18. The Morgan fingerprint density at radius 2 is 0.812 bits per heavy atom. The van der Waals surface area contributed by atoms with Gasteiger partial charge in [-0.1, -0.05) is 111 Å². The Balaban J connectivity index is 2.17. The lowest BCUT2D eigenvalue weighted by Crippen LogP contribution is -2.61. The van der Waals surface area contributed by atoms with E-state index in [2.05, 4.69) is 13.2 Å². The zero-order valence-electron chi connectivity index (χ0n) is 18.2. The van der Waals surface area contributed by atoms with Crippen molar-refractivity contribution in [2.45, 2.75) is 13.1 Å². The van der Waals surface area contributed by atoms with Crippen LogP contribution in [-0.2, 0) is 9.59 Å². The largest absolute Gasteiger partial charge is 0.478 e. The third-order valence-electron chi connectivity index (χ3n) is 6.47. The summed E-state index contributed by atoms with van der Waals surface area (Å²) in [5.41, 5.74) is 0. The maximum absolute atomic E-state index is 11.9. The number of carboxylic acid groups (broad SMARTS) is 2. The lowest BCUT2D eigenvalue weighted by atomic mass is 10.3. The monoisotopic (exact) mass is 458 g/mol. The van der Waals surface area contributed by atoms with Crippen molar-refractivity contribution >= 4 is 48.8 Å². The van der Waals surface area contributed by atoms with E-state index in [0.29, 0.717) is 0 Å². The van der Waals surface area contributed by atoms with Crippen LogP contribution >= 0.6 is 0 Å². The van der Waals surface area contributed by atoms with E-state index in [-0.39, 0.29) is 10.4 Å². The first-order chi connectivity index (χ1) is 15.1. The predicted octanol–water partition coefficient (Wildman–Crippen LogP) is 2.43. The van der Waals surface area contributed by atoms with E-state index in [0.717, 1.165) is 20.7 Å². The topological polar surface area (TPSA) is 74.6 Å². The van der Waals surface area contributed by atoms with Gasteiger partial charge in [-0.3, -0.25) is 0 Å². The highest BCUT2D eigenvalue weighted by molar-refractivity contribution is 7.10. The van der Waals surface area contributed by atoms with Crippen molar-refractivity contribution in [3.8, 4) is 0 Å². The molecule has 0 aromatic heterocycles. The summed E-state index contributed by atoms with van der Waals surface area (Å²) >= 11 is 0. The van der Waals surface area contributed by atoms with Crippen molar-refractivity contribution < 1.29 is 19.8 Å². The number of rotatable bonds is 8. The lowest BCUT2D eigenvalue weighted by Gasteiger charge is -2.31. The maximum atomic E-state index is 11.9. The van der Waals surface area contributed by atoms with Gasteiger partial charge in [0.2, 0.25) is 0 Å². The normalized spacial score (nSPS) is 14.6. The Labute approximate surface area is 190 Å². The molecule has 0 spiro atoms. The molecular formula is C26H26O4Si2. The Hall–Kier alpha value is -3.49. The molecule has 0 heterocycles. The molecule has 0 saturated carbocycles. The molecule has 32 heavy (non-hydrogen) atoms. The minimum Gasteiger partial charge on any atom is -0.478 e. The van der Waals surface area contributed by atoms with E-state index >= 15 is 0 Å². The zero-order valence-corrected chi connectivity index (χ0v) is 20.2. The van der Waals surface area contributed by atoms with E-state index in [4.69, 9.17) is 0 Å². The summed E-state index contributed by atoms with van der Waals surface area (Å²) in [5, 5.41) is 23.7.